The minimum absolute atomic E-state index is 0.101. The lowest BCUT2D eigenvalue weighted by molar-refractivity contribution is -0.167. The molecule has 0 fully saturated rings. The number of hydrogen-bond donors (Lipinski definition) is 0. The largest absolute Gasteiger partial charge is 0.462 e. The lowest BCUT2D eigenvalue weighted by Crippen LogP contribution is -2.30. The maximum Gasteiger partial charge on any atom is 0.306 e. The molecule has 6 heteroatoms. The van der Waals surface area contributed by atoms with E-state index in [4.69, 9.17) is 14.2 Å². The molecule has 6 nitrogen and oxygen atoms in total. The SMILES string of the molecule is CC/C=C\C/C=C\C/C=C\C/C=C\C/C=C\CCCC(=O)OCC(COC(=O)CCCCCCCC)OC(=O)CCCCCCCCC/C=C\C/C=C\C/C=C\CC. The second-order valence-electron chi connectivity index (χ2n) is 14.9. The summed E-state index contributed by atoms with van der Waals surface area (Å²) in [7, 11) is 0. The summed E-state index contributed by atoms with van der Waals surface area (Å²) in [6, 6.07) is 0. The topological polar surface area (TPSA) is 78.9 Å². The first-order valence-electron chi connectivity index (χ1n) is 23.2. The van der Waals surface area contributed by atoms with Gasteiger partial charge in [0.05, 0.1) is 0 Å². The van der Waals surface area contributed by atoms with Crippen LogP contribution in [0.1, 0.15) is 194 Å². The fraction of sp³-hybridized carbons (Fsp3) is 0.635. The van der Waals surface area contributed by atoms with Gasteiger partial charge in [-0.3, -0.25) is 14.4 Å². The second kappa shape index (κ2) is 46.0. The van der Waals surface area contributed by atoms with Crippen LogP contribution in [0.3, 0.4) is 0 Å². The molecule has 0 rings (SSSR count). The Hall–Kier alpha value is -3.67. The van der Waals surface area contributed by atoms with Crippen molar-refractivity contribution in [1.29, 1.82) is 0 Å². The third-order valence-electron chi connectivity index (χ3n) is 9.33. The Bertz CT molecular complexity index is 1200. The van der Waals surface area contributed by atoms with Crippen LogP contribution in [0.4, 0.5) is 0 Å². The van der Waals surface area contributed by atoms with Crippen LogP contribution in [-0.2, 0) is 28.6 Å². The summed E-state index contributed by atoms with van der Waals surface area (Å²) in [4.78, 5) is 37.6. The first kappa shape index (κ1) is 54.3. The average molecular weight is 805 g/mol. The molecule has 0 aliphatic carbocycles. The predicted molar refractivity (Wildman–Crippen MR) is 247 cm³/mol. The number of unbranched alkanes of at least 4 members (excludes halogenated alkanes) is 13. The molecule has 0 aromatic rings. The van der Waals surface area contributed by atoms with Crippen LogP contribution in [-0.4, -0.2) is 37.2 Å². The van der Waals surface area contributed by atoms with E-state index in [9.17, 15) is 14.4 Å². The van der Waals surface area contributed by atoms with Crippen LogP contribution in [0, 0.1) is 0 Å². The molecule has 0 N–H and O–H groups in total. The molecule has 0 spiro atoms. The summed E-state index contributed by atoms with van der Waals surface area (Å²) < 4.78 is 16.6. The minimum atomic E-state index is -0.802. The number of carbonyl (C=O) groups excluding carboxylic acids is 3. The fourth-order valence-electron chi connectivity index (χ4n) is 5.90. The van der Waals surface area contributed by atoms with E-state index in [1.54, 1.807) is 0 Å². The van der Waals surface area contributed by atoms with E-state index in [1.807, 2.05) is 0 Å². The third-order valence-corrected chi connectivity index (χ3v) is 9.33. The average Bonchev–Trinajstić information content (AvgIpc) is 3.22. The van der Waals surface area contributed by atoms with Crippen molar-refractivity contribution in [2.24, 2.45) is 0 Å². The van der Waals surface area contributed by atoms with E-state index in [-0.39, 0.29) is 37.5 Å². The molecular weight excluding hydrogens is 721 g/mol. The van der Waals surface area contributed by atoms with E-state index in [1.165, 1.54) is 44.9 Å². The number of ether oxygens (including phenoxy) is 3. The van der Waals surface area contributed by atoms with E-state index in [0.29, 0.717) is 19.3 Å². The Morgan fingerprint density at radius 1 is 0.362 bits per heavy atom. The highest BCUT2D eigenvalue weighted by molar-refractivity contribution is 5.71. The highest BCUT2D eigenvalue weighted by atomic mass is 16.6. The zero-order chi connectivity index (χ0) is 42.3. The summed E-state index contributed by atoms with van der Waals surface area (Å²) in [6.07, 6.45) is 59.9. The standard InChI is InChI=1S/C52H84O6/c1-4-7-10-13-16-18-20-22-24-26-28-30-32-34-36-39-42-45-51(54)57-48-49(47-56-50(53)44-41-38-15-12-9-6-3)58-52(55)46-43-40-37-35-33-31-29-27-25-23-21-19-17-14-11-8-5-2/h7-8,10-11,16-19,22-25,28,30,34,36,49H,4-6,9,12-15,20-21,26-27,29,31-33,35,37-48H2,1-3H3/b10-7-,11-8-,18-16-,19-17-,24-22-,25-23-,30-28-,36-34-. The molecule has 1 atom stereocenters. The zero-order valence-corrected chi connectivity index (χ0v) is 37.3. The zero-order valence-electron chi connectivity index (χ0n) is 37.3. The molecule has 0 amide bonds. The van der Waals surface area contributed by atoms with Crippen molar-refractivity contribution in [3.05, 3.63) is 97.2 Å². The van der Waals surface area contributed by atoms with Crippen molar-refractivity contribution < 1.29 is 28.6 Å². The minimum Gasteiger partial charge on any atom is -0.462 e. The van der Waals surface area contributed by atoms with Gasteiger partial charge in [-0.05, 0) is 89.9 Å². The maximum atomic E-state index is 12.7. The molecule has 0 aromatic carbocycles. The van der Waals surface area contributed by atoms with Crippen LogP contribution < -0.4 is 0 Å². The van der Waals surface area contributed by atoms with Gasteiger partial charge in [-0.2, -0.15) is 0 Å². The van der Waals surface area contributed by atoms with Gasteiger partial charge < -0.3 is 14.2 Å². The summed E-state index contributed by atoms with van der Waals surface area (Å²) in [6.45, 7) is 6.27. The first-order chi connectivity index (χ1) is 28.5. The Morgan fingerprint density at radius 3 is 1.12 bits per heavy atom. The van der Waals surface area contributed by atoms with Gasteiger partial charge in [0.2, 0.25) is 0 Å². The summed E-state index contributed by atoms with van der Waals surface area (Å²) in [5.74, 6) is -0.990. The van der Waals surface area contributed by atoms with Crippen molar-refractivity contribution in [2.45, 2.75) is 200 Å². The van der Waals surface area contributed by atoms with E-state index in [0.717, 1.165) is 103 Å². The Balaban J connectivity index is 4.39. The Kier molecular flexibility index (Phi) is 43.1. The molecule has 58 heavy (non-hydrogen) atoms. The van der Waals surface area contributed by atoms with Crippen LogP contribution in [0.5, 0.6) is 0 Å². The second-order valence-corrected chi connectivity index (χ2v) is 14.9. The molecule has 0 radical (unpaired) electrons. The third kappa shape index (κ3) is 43.5. The Morgan fingerprint density at radius 2 is 0.690 bits per heavy atom. The number of esters is 3. The fourth-order valence-corrected chi connectivity index (χ4v) is 5.90. The summed E-state index contributed by atoms with van der Waals surface area (Å²) in [5.41, 5.74) is 0. The van der Waals surface area contributed by atoms with Crippen molar-refractivity contribution in [3.8, 4) is 0 Å². The molecule has 0 heterocycles. The molecule has 0 aliphatic rings. The number of hydrogen-bond acceptors (Lipinski definition) is 6. The Labute approximate surface area is 356 Å². The molecule has 0 saturated carbocycles. The van der Waals surface area contributed by atoms with Gasteiger partial charge in [-0.1, -0.05) is 182 Å². The van der Waals surface area contributed by atoms with Crippen LogP contribution in [0.25, 0.3) is 0 Å². The number of rotatable bonds is 40. The lowest BCUT2D eigenvalue weighted by atomic mass is 10.1. The molecular formula is C52H84O6. The molecule has 0 aliphatic heterocycles. The highest BCUT2D eigenvalue weighted by Crippen LogP contribution is 2.13. The van der Waals surface area contributed by atoms with Gasteiger partial charge in [-0.25, -0.2) is 0 Å². The number of carbonyl (C=O) groups is 3. The summed E-state index contributed by atoms with van der Waals surface area (Å²) in [5, 5.41) is 0. The van der Waals surface area contributed by atoms with Gasteiger partial charge in [0.15, 0.2) is 6.10 Å². The molecule has 0 bridgehead atoms. The predicted octanol–water partition coefficient (Wildman–Crippen LogP) is 15.0. The molecule has 0 aromatic heterocycles. The monoisotopic (exact) mass is 805 g/mol. The van der Waals surface area contributed by atoms with Crippen LogP contribution >= 0.6 is 0 Å². The quantitative estimate of drug-likeness (QED) is 0.0266. The smallest absolute Gasteiger partial charge is 0.306 e. The lowest BCUT2D eigenvalue weighted by Gasteiger charge is -2.18. The van der Waals surface area contributed by atoms with Crippen LogP contribution in [0.2, 0.25) is 0 Å². The van der Waals surface area contributed by atoms with Gasteiger partial charge >= 0.3 is 17.9 Å². The van der Waals surface area contributed by atoms with Crippen molar-refractivity contribution >= 4 is 17.9 Å². The van der Waals surface area contributed by atoms with Crippen molar-refractivity contribution in [3.63, 3.8) is 0 Å². The number of allylic oxidation sites excluding steroid dienone is 16. The molecule has 328 valence electrons. The first-order valence-corrected chi connectivity index (χ1v) is 23.2. The van der Waals surface area contributed by atoms with Gasteiger partial charge in [-0.15, -0.1) is 0 Å². The highest BCUT2D eigenvalue weighted by Gasteiger charge is 2.19. The van der Waals surface area contributed by atoms with E-state index >= 15 is 0 Å². The van der Waals surface area contributed by atoms with Gasteiger partial charge in [0.1, 0.15) is 13.2 Å². The van der Waals surface area contributed by atoms with Crippen molar-refractivity contribution in [1.82, 2.24) is 0 Å². The van der Waals surface area contributed by atoms with Crippen molar-refractivity contribution in [2.75, 3.05) is 13.2 Å². The summed E-state index contributed by atoms with van der Waals surface area (Å²) >= 11 is 0. The molecule has 0 saturated heterocycles. The maximum absolute atomic E-state index is 12.7. The normalized spacial score (nSPS) is 12.9. The van der Waals surface area contributed by atoms with E-state index in [2.05, 4.69) is 118 Å². The van der Waals surface area contributed by atoms with E-state index < -0.39 is 6.10 Å². The van der Waals surface area contributed by atoms with Gasteiger partial charge in [0, 0.05) is 19.3 Å². The molecule has 1 unspecified atom stereocenters. The van der Waals surface area contributed by atoms with Crippen LogP contribution in [0.15, 0.2) is 97.2 Å². The van der Waals surface area contributed by atoms with Gasteiger partial charge in [0.25, 0.3) is 0 Å².